The van der Waals surface area contributed by atoms with Gasteiger partial charge in [-0.2, -0.15) is 0 Å². The van der Waals surface area contributed by atoms with E-state index in [4.69, 9.17) is 0 Å². The van der Waals surface area contributed by atoms with Gasteiger partial charge in [0.05, 0.1) is 0 Å². The Balaban J connectivity index is 0.000000197. The second-order valence-electron chi connectivity index (χ2n) is 12.0. The number of rotatable bonds is 3. The van der Waals surface area contributed by atoms with Crippen molar-refractivity contribution in [3.05, 3.63) is 179 Å². The van der Waals surface area contributed by atoms with Gasteiger partial charge >= 0.3 is 0 Å². The Morgan fingerprint density at radius 2 is 0.460 bits per heavy atom. The molecular formula is C50H48. The molecule has 6 rings (SSSR count). The van der Waals surface area contributed by atoms with Crippen LogP contribution in [-0.4, -0.2) is 0 Å². The van der Waals surface area contributed by atoms with E-state index < -0.39 is 0 Å². The van der Waals surface area contributed by atoms with Gasteiger partial charge < -0.3 is 0 Å². The van der Waals surface area contributed by atoms with Gasteiger partial charge in [0.25, 0.3) is 0 Å². The van der Waals surface area contributed by atoms with Crippen molar-refractivity contribution in [2.75, 3.05) is 0 Å². The molecule has 0 radical (unpaired) electrons. The molecular weight excluding hydrogens is 601 g/mol. The lowest BCUT2D eigenvalue weighted by Gasteiger charge is -2.06. The maximum atomic E-state index is 2.98. The quantitative estimate of drug-likeness (QED) is 0.168. The lowest BCUT2D eigenvalue weighted by Crippen LogP contribution is -1.81. The van der Waals surface area contributed by atoms with Crippen LogP contribution >= 0.6 is 0 Å². The SMILES string of the molecule is CC#CC#CC.CC#Cc1ccc(C)cc1.Cc1ccc(-c2ccc(-c3ccc(C)cc3)cc2)cc1.Cc1ccc(-c2ccc(C)cc2)cc1. The summed E-state index contributed by atoms with van der Waals surface area (Å²) in [5.74, 6) is 16.3. The highest BCUT2D eigenvalue weighted by molar-refractivity contribution is 5.70. The van der Waals surface area contributed by atoms with Crippen molar-refractivity contribution in [2.45, 2.75) is 55.4 Å². The average Bonchev–Trinajstić information content (AvgIpc) is 3.14. The van der Waals surface area contributed by atoms with Crippen molar-refractivity contribution >= 4 is 0 Å². The number of aryl methyl sites for hydroxylation is 5. The molecule has 0 unspecified atom stereocenters. The van der Waals surface area contributed by atoms with Crippen LogP contribution in [0.25, 0.3) is 33.4 Å². The Labute approximate surface area is 302 Å². The summed E-state index contributed by atoms with van der Waals surface area (Å²) in [6.45, 7) is 15.9. The molecule has 0 saturated carbocycles. The highest BCUT2D eigenvalue weighted by Gasteiger charge is 2.00. The first-order valence-corrected chi connectivity index (χ1v) is 16.9. The minimum atomic E-state index is 1.09. The zero-order valence-corrected chi connectivity index (χ0v) is 30.9. The van der Waals surface area contributed by atoms with Gasteiger partial charge in [0.1, 0.15) is 0 Å². The van der Waals surface area contributed by atoms with E-state index in [1.807, 2.05) is 19.1 Å². The van der Waals surface area contributed by atoms with E-state index in [0.717, 1.165) is 5.56 Å². The largest absolute Gasteiger partial charge is 0.101 e. The molecule has 0 atom stereocenters. The monoisotopic (exact) mass is 648 g/mol. The molecule has 0 nitrogen and oxygen atoms in total. The van der Waals surface area contributed by atoms with Gasteiger partial charge in [-0.05, 0) is 113 Å². The third kappa shape index (κ3) is 13.6. The smallest absolute Gasteiger partial charge is 0.0245 e. The van der Waals surface area contributed by atoms with Crippen molar-refractivity contribution in [3.63, 3.8) is 0 Å². The van der Waals surface area contributed by atoms with Crippen LogP contribution in [0.5, 0.6) is 0 Å². The molecule has 248 valence electrons. The molecule has 0 bridgehead atoms. The molecule has 6 aromatic rings. The van der Waals surface area contributed by atoms with Gasteiger partial charge in [-0.1, -0.05) is 179 Å². The molecule has 6 aromatic carbocycles. The minimum absolute atomic E-state index is 1.09. The first-order chi connectivity index (χ1) is 24.2. The Kier molecular flexibility index (Phi) is 16.2. The maximum absolute atomic E-state index is 2.98. The molecule has 0 saturated heterocycles. The minimum Gasteiger partial charge on any atom is -0.101 e. The third-order valence-electron chi connectivity index (χ3n) is 7.72. The van der Waals surface area contributed by atoms with Crippen LogP contribution in [0.2, 0.25) is 0 Å². The maximum Gasteiger partial charge on any atom is 0.0245 e. The fourth-order valence-electron chi connectivity index (χ4n) is 4.75. The zero-order chi connectivity index (χ0) is 36.1. The fourth-order valence-corrected chi connectivity index (χ4v) is 4.75. The number of hydrogen-bond acceptors (Lipinski definition) is 0. The summed E-state index contributed by atoms with van der Waals surface area (Å²) in [5, 5.41) is 0. The Morgan fingerprint density at radius 1 is 0.260 bits per heavy atom. The van der Waals surface area contributed by atoms with Crippen LogP contribution in [0.4, 0.5) is 0 Å². The molecule has 0 aliphatic rings. The molecule has 0 aliphatic heterocycles. The lowest BCUT2D eigenvalue weighted by atomic mass is 9.99. The van der Waals surface area contributed by atoms with Gasteiger partial charge in [0.2, 0.25) is 0 Å². The summed E-state index contributed by atoms with van der Waals surface area (Å²) in [5.41, 5.74) is 15.2. The Morgan fingerprint density at radius 3 is 0.660 bits per heavy atom. The van der Waals surface area contributed by atoms with Gasteiger partial charge in [0, 0.05) is 5.56 Å². The molecule has 0 N–H and O–H groups in total. The second kappa shape index (κ2) is 21.1. The predicted octanol–water partition coefficient (Wildman–Crippen LogP) is 13.0. The van der Waals surface area contributed by atoms with E-state index in [1.165, 1.54) is 61.2 Å². The molecule has 0 heteroatoms. The van der Waals surface area contributed by atoms with E-state index in [1.54, 1.807) is 13.8 Å². The molecule has 0 amide bonds. The summed E-state index contributed by atoms with van der Waals surface area (Å²) in [6, 6.07) is 51.6. The van der Waals surface area contributed by atoms with Crippen molar-refractivity contribution in [2.24, 2.45) is 0 Å². The van der Waals surface area contributed by atoms with Crippen molar-refractivity contribution in [1.29, 1.82) is 0 Å². The highest BCUT2D eigenvalue weighted by Crippen LogP contribution is 2.25. The van der Waals surface area contributed by atoms with Crippen LogP contribution in [0, 0.1) is 70.1 Å². The van der Waals surface area contributed by atoms with Gasteiger partial charge in [-0.3, -0.25) is 0 Å². The number of hydrogen-bond donors (Lipinski definition) is 0. The van der Waals surface area contributed by atoms with Gasteiger partial charge in [-0.15, -0.1) is 5.92 Å². The third-order valence-corrected chi connectivity index (χ3v) is 7.72. The number of benzene rings is 6. The average molecular weight is 649 g/mol. The van der Waals surface area contributed by atoms with E-state index in [2.05, 4.69) is 204 Å². The molecule has 50 heavy (non-hydrogen) atoms. The standard InChI is InChI=1S/C20H18.C14H14.C10H10.C6H6/c1-15-3-7-17(8-4-15)19-11-13-20(14-12-19)18-9-5-16(2)6-10-18;1-11-3-7-13(8-4-11)14-9-5-12(2)6-10-14;1-3-4-10-7-5-9(2)6-8-10;1-3-5-6-4-2/h3-14H,1-2H3;3-10H,1-2H3;5-8H,1-2H3;1-2H3. The normalized spacial score (nSPS) is 9.12. The first kappa shape index (κ1) is 38.4. The van der Waals surface area contributed by atoms with Crippen LogP contribution < -0.4 is 0 Å². The van der Waals surface area contributed by atoms with Gasteiger partial charge in [0.15, 0.2) is 0 Å². The summed E-state index contributed by atoms with van der Waals surface area (Å²) in [4.78, 5) is 0. The van der Waals surface area contributed by atoms with E-state index >= 15 is 0 Å². The van der Waals surface area contributed by atoms with E-state index in [9.17, 15) is 0 Å². The van der Waals surface area contributed by atoms with E-state index in [0.29, 0.717) is 0 Å². The summed E-state index contributed by atoms with van der Waals surface area (Å²) in [7, 11) is 0. The molecule has 0 aromatic heterocycles. The van der Waals surface area contributed by atoms with Crippen molar-refractivity contribution in [3.8, 4) is 68.9 Å². The second-order valence-corrected chi connectivity index (χ2v) is 12.0. The predicted molar refractivity (Wildman–Crippen MR) is 219 cm³/mol. The first-order valence-electron chi connectivity index (χ1n) is 16.9. The van der Waals surface area contributed by atoms with Crippen LogP contribution in [-0.2, 0) is 0 Å². The summed E-state index contributed by atoms with van der Waals surface area (Å²) >= 11 is 0. The molecule has 0 aliphatic carbocycles. The summed E-state index contributed by atoms with van der Waals surface area (Å²) < 4.78 is 0. The topological polar surface area (TPSA) is 0 Å². The van der Waals surface area contributed by atoms with Crippen LogP contribution in [0.15, 0.2) is 146 Å². The molecule has 0 spiro atoms. The fraction of sp³-hybridized carbons (Fsp3) is 0.160. The van der Waals surface area contributed by atoms with E-state index in [-0.39, 0.29) is 0 Å². The highest BCUT2D eigenvalue weighted by atomic mass is 14.1. The Bertz CT molecular complexity index is 1930. The van der Waals surface area contributed by atoms with Crippen LogP contribution in [0.3, 0.4) is 0 Å². The zero-order valence-electron chi connectivity index (χ0n) is 30.9. The lowest BCUT2D eigenvalue weighted by molar-refractivity contribution is 1.45. The van der Waals surface area contributed by atoms with Crippen molar-refractivity contribution in [1.82, 2.24) is 0 Å². The Hall–Kier alpha value is -6.00. The molecule has 0 fully saturated rings. The molecule has 0 heterocycles. The van der Waals surface area contributed by atoms with Gasteiger partial charge in [-0.25, -0.2) is 0 Å². The van der Waals surface area contributed by atoms with Crippen LogP contribution in [0.1, 0.15) is 54.2 Å². The summed E-state index contributed by atoms with van der Waals surface area (Å²) in [6.07, 6.45) is 0. The van der Waals surface area contributed by atoms with Crippen molar-refractivity contribution < 1.29 is 0 Å².